The van der Waals surface area contributed by atoms with Crippen LogP contribution in [0.25, 0.3) is 11.3 Å². The predicted molar refractivity (Wildman–Crippen MR) is 86.4 cm³/mol. The molecule has 2 aromatic rings. The maximum atomic E-state index is 4.93. The van der Waals surface area contributed by atoms with Gasteiger partial charge in [0.25, 0.3) is 0 Å². The Bertz CT molecular complexity index is 596. The molecule has 2 aliphatic rings. The molecule has 0 saturated heterocycles. The van der Waals surface area contributed by atoms with Crippen molar-refractivity contribution in [1.29, 1.82) is 0 Å². The van der Waals surface area contributed by atoms with Gasteiger partial charge in [0.05, 0.1) is 11.7 Å². The minimum atomic E-state index is 0.596. The summed E-state index contributed by atoms with van der Waals surface area (Å²) in [4.78, 5) is 0. The van der Waals surface area contributed by atoms with Gasteiger partial charge in [-0.05, 0) is 25.2 Å². The fourth-order valence-electron chi connectivity index (χ4n) is 3.95. The molecule has 0 bridgehead atoms. The second kappa shape index (κ2) is 5.55. The lowest BCUT2D eigenvalue weighted by Gasteiger charge is -2.34. The lowest BCUT2D eigenvalue weighted by Crippen LogP contribution is -2.30. The van der Waals surface area contributed by atoms with E-state index in [1.54, 1.807) is 0 Å². The van der Waals surface area contributed by atoms with Gasteiger partial charge in [0, 0.05) is 18.2 Å². The smallest absolute Gasteiger partial charge is 0.125 e. The Morgan fingerprint density at radius 2 is 1.81 bits per heavy atom. The van der Waals surface area contributed by atoms with E-state index in [0.29, 0.717) is 6.04 Å². The molecule has 3 nitrogen and oxygen atoms in total. The zero-order valence-electron chi connectivity index (χ0n) is 12.5. The first-order valence-corrected chi connectivity index (χ1v) is 8.31. The van der Waals surface area contributed by atoms with Gasteiger partial charge < -0.3 is 5.32 Å². The van der Waals surface area contributed by atoms with E-state index in [1.807, 2.05) is 0 Å². The molecule has 1 unspecified atom stereocenters. The maximum Gasteiger partial charge on any atom is 0.125 e. The van der Waals surface area contributed by atoms with E-state index in [1.165, 1.54) is 49.9 Å². The highest BCUT2D eigenvalue weighted by atomic mass is 15.4. The van der Waals surface area contributed by atoms with Crippen LogP contribution in [-0.4, -0.2) is 16.3 Å². The van der Waals surface area contributed by atoms with Crippen molar-refractivity contribution in [2.45, 2.75) is 44.6 Å². The number of nitrogens with zero attached hydrogens (tertiary/aromatic N) is 2. The number of hydrogen-bond donors (Lipinski definition) is 1. The van der Waals surface area contributed by atoms with Crippen LogP contribution in [0.3, 0.4) is 0 Å². The van der Waals surface area contributed by atoms with E-state index in [4.69, 9.17) is 5.10 Å². The lowest BCUT2D eigenvalue weighted by molar-refractivity contribution is 0.223. The van der Waals surface area contributed by atoms with Gasteiger partial charge in [0.15, 0.2) is 0 Å². The van der Waals surface area contributed by atoms with Gasteiger partial charge in [-0.15, -0.1) is 0 Å². The van der Waals surface area contributed by atoms with Gasteiger partial charge >= 0.3 is 0 Å². The number of nitrogens with one attached hydrogen (secondary N) is 1. The molecule has 0 amide bonds. The van der Waals surface area contributed by atoms with Crippen LogP contribution in [0.5, 0.6) is 0 Å². The van der Waals surface area contributed by atoms with Gasteiger partial charge in [-0.1, -0.05) is 49.6 Å². The number of benzene rings is 1. The van der Waals surface area contributed by atoms with Crippen LogP contribution in [0.4, 0.5) is 5.82 Å². The molecule has 1 fully saturated rings. The van der Waals surface area contributed by atoms with E-state index in [0.717, 1.165) is 18.2 Å². The molecular formula is C18H23N3. The molecule has 0 radical (unpaired) electrons. The molecule has 1 saturated carbocycles. The summed E-state index contributed by atoms with van der Waals surface area (Å²) < 4.78 is 2.28. The highest BCUT2D eigenvalue weighted by molar-refractivity contribution is 5.63. The Kier molecular flexibility index (Phi) is 3.42. The number of aromatic nitrogens is 2. The van der Waals surface area contributed by atoms with E-state index >= 15 is 0 Å². The summed E-state index contributed by atoms with van der Waals surface area (Å²) in [5.74, 6) is 2.03. The minimum Gasteiger partial charge on any atom is -0.370 e. The van der Waals surface area contributed by atoms with E-state index in [9.17, 15) is 0 Å². The molecule has 110 valence electrons. The average Bonchev–Trinajstić information content (AvgIpc) is 3.00. The Hall–Kier alpha value is -1.77. The fraction of sp³-hybridized carbons (Fsp3) is 0.500. The van der Waals surface area contributed by atoms with Gasteiger partial charge in [-0.25, -0.2) is 4.68 Å². The topological polar surface area (TPSA) is 29.9 Å². The highest BCUT2D eigenvalue weighted by Crippen LogP contribution is 2.39. The third kappa shape index (κ3) is 2.45. The van der Waals surface area contributed by atoms with Crippen molar-refractivity contribution in [1.82, 2.24) is 9.78 Å². The van der Waals surface area contributed by atoms with Crippen LogP contribution in [0.15, 0.2) is 36.4 Å². The van der Waals surface area contributed by atoms with Crippen molar-refractivity contribution < 1.29 is 0 Å². The fourth-order valence-corrected chi connectivity index (χ4v) is 3.95. The van der Waals surface area contributed by atoms with Crippen molar-refractivity contribution in [3.8, 4) is 11.3 Å². The minimum absolute atomic E-state index is 0.596. The molecular weight excluding hydrogens is 258 g/mol. The van der Waals surface area contributed by atoms with Gasteiger partial charge in [0.1, 0.15) is 5.82 Å². The third-order valence-electron chi connectivity index (χ3n) is 5.06. The first-order chi connectivity index (χ1) is 10.4. The zero-order valence-corrected chi connectivity index (χ0v) is 12.5. The summed E-state index contributed by atoms with van der Waals surface area (Å²) in [6, 6.07) is 13.3. The summed E-state index contributed by atoms with van der Waals surface area (Å²) in [5.41, 5.74) is 2.31. The van der Waals surface area contributed by atoms with Crippen LogP contribution in [0.2, 0.25) is 0 Å². The SMILES string of the molecule is c1ccc(-c2cc3n(n2)C(C2CCCCC2)CCN3)cc1. The Morgan fingerprint density at radius 1 is 1.00 bits per heavy atom. The quantitative estimate of drug-likeness (QED) is 0.879. The monoisotopic (exact) mass is 281 g/mol. The van der Waals surface area contributed by atoms with Crippen molar-refractivity contribution in [3.05, 3.63) is 36.4 Å². The van der Waals surface area contributed by atoms with Crippen LogP contribution in [-0.2, 0) is 0 Å². The Balaban J connectivity index is 1.66. The van der Waals surface area contributed by atoms with Crippen LogP contribution in [0, 0.1) is 5.92 Å². The molecule has 0 spiro atoms. The van der Waals surface area contributed by atoms with Crippen molar-refractivity contribution >= 4 is 5.82 Å². The molecule has 1 aliphatic carbocycles. The summed E-state index contributed by atoms with van der Waals surface area (Å²) >= 11 is 0. The molecule has 1 N–H and O–H groups in total. The summed E-state index contributed by atoms with van der Waals surface area (Å²) in [6.07, 6.45) is 8.19. The molecule has 1 aromatic heterocycles. The molecule has 1 atom stereocenters. The molecule has 4 rings (SSSR count). The second-order valence-corrected chi connectivity index (χ2v) is 6.41. The van der Waals surface area contributed by atoms with Gasteiger partial charge in [-0.2, -0.15) is 5.10 Å². The largest absolute Gasteiger partial charge is 0.370 e. The standard InChI is InChI=1S/C18H23N3/c1-3-7-14(8-4-1)16-13-18-19-12-11-17(21(18)20-16)15-9-5-2-6-10-15/h1,3-4,7-8,13,15,17,19H,2,5-6,9-12H2. The van der Waals surface area contributed by atoms with Crippen LogP contribution in [0.1, 0.15) is 44.6 Å². The second-order valence-electron chi connectivity index (χ2n) is 6.41. The highest BCUT2D eigenvalue weighted by Gasteiger charge is 2.30. The zero-order chi connectivity index (χ0) is 14.1. The molecule has 1 aliphatic heterocycles. The molecule has 1 aromatic carbocycles. The Morgan fingerprint density at radius 3 is 2.62 bits per heavy atom. The predicted octanol–water partition coefficient (Wildman–Crippen LogP) is 4.49. The third-order valence-corrected chi connectivity index (χ3v) is 5.06. The molecule has 3 heteroatoms. The van der Waals surface area contributed by atoms with E-state index < -0.39 is 0 Å². The van der Waals surface area contributed by atoms with E-state index in [2.05, 4.69) is 46.4 Å². The molecule has 2 heterocycles. The summed E-state index contributed by atoms with van der Waals surface area (Å²) in [5, 5.41) is 8.45. The van der Waals surface area contributed by atoms with Crippen molar-refractivity contribution in [2.75, 3.05) is 11.9 Å². The first-order valence-electron chi connectivity index (χ1n) is 8.31. The van der Waals surface area contributed by atoms with Crippen molar-refractivity contribution in [2.24, 2.45) is 5.92 Å². The number of hydrogen-bond acceptors (Lipinski definition) is 2. The van der Waals surface area contributed by atoms with Crippen molar-refractivity contribution in [3.63, 3.8) is 0 Å². The van der Waals surface area contributed by atoms with Gasteiger partial charge in [-0.3, -0.25) is 0 Å². The number of fused-ring (bicyclic) bond motifs is 1. The normalized spacial score (nSPS) is 22.6. The average molecular weight is 281 g/mol. The number of rotatable bonds is 2. The number of anilines is 1. The van der Waals surface area contributed by atoms with Gasteiger partial charge in [0.2, 0.25) is 0 Å². The Labute approximate surface area is 126 Å². The van der Waals surface area contributed by atoms with E-state index in [-0.39, 0.29) is 0 Å². The molecule has 21 heavy (non-hydrogen) atoms. The first kappa shape index (κ1) is 12.9. The summed E-state index contributed by atoms with van der Waals surface area (Å²) in [7, 11) is 0. The van der Waals surface area contributed by atoms with Crippen LogP contribution < -0.4 is 5.32 Å². The van der Waals surface area contributed by atoms with Crippen LogP contribution >= 0.6 is 0 Å². The summed E-state index contributed by atoms with van der Waals surface area (Å²) in [6.45, 7) is 1.08. The lowest BCUT2D eigenvalue weighted by atomic mass is 9.82. The maximum absolute atomic E-state index is 4.93.